The number of nitrogens with zero attached hydrogens (tertiary/aromatic N) is 1. The number of benzene rings is 2. The van der Waals surface area contributed by atoms with Crippen LogP contribution < -0.4 is 4.72 Å². The Morgan fingerprint density at radius 3 is 2.32 bits per heavy atom. The lowest BCUT2D eigenvalue weighted by Crippen LogP contribution is -2.18. The third-order valence-corrected chi connectivity index (χ3v) is 5.72. The van der Waals surface area contributed by atoms with Gasteiger partial charge < -0.3 is 0 Å². The molecule has 1 heterocycles. The number of carbonyl (C=O) groups is 1. The molecule has 0 aliphatic carbocycles. The summed E-state index contributed by atoms with van der Waals surface area (Å²) in [6.45, 7) is 0. The Labute approximate surface area is 177 Å². The molecule has 3 rings (SSSR count). The maximum atomic E-state index is 13.8. The van der Waals surface area contributed by atoms with Crippen molar-refractivity contribution in [1.82, 2.24) is 4.98 Å². The van der Waals surface area contributed by atoms with E-state index in [1.54, 1.807) is 0 Å². The number of rotatable bonds is 5. The van der Waals surface area contributed by atoms with Crippen molar-refractivity contribution in [2.75, 3.05) is 4.72 Å². The van der Waals surface area contributed by atoms with Crippen molar-refractivity contribution in [3.8, 4) is 0 Å². The van der Waals surface area contributed by atoms with Gasteiger partial charge in [0.15, 0.2) is 17.4 Å². The van der Waals surface area contributed by atoms with Crippen LogP contribution in [0, 0.1) is 11.6 Å². The third-order valence-electron chi connectivity index (χ3n) is 4.03. The smallest absolute Gasteiger partial charge is 0.288 e. The lowest BCUT2D eigenvalue weighted by molar-refractivity contribution is -0.137. The van der Waals surface area contributed by atoms with E-state index in [1.807, 2.05) is 4.72 Å². The normalized spacial score (nSPS) is 11.9. The second-order valence-corrected chi connectivity index (χ2v) is 8.22. The summed E-state index contributed by atoms with van der Waals surface area (Å²) in [6, 6.07) is 5.40. The molecule has 0 atom stereocenters. The highest BCUT2D eigenvalue weighted by Gasteiger charge is 2.34. The van der Waals surface area contributed by atoms with Crippen LogP contribution in [0.15, 0.2) is 59.8 Å². The highest BCUT2D eigenvalue weighted by molar-refractivity contribution is 7.92. The number of hydrogen-bond donors (Lipinski definition) is 1. The Morgan fingerprint density at radius 2 is 1.71 bits per heavy atom. The molecule has 0 amide bonds. The minimum absolute atomic E-state index is 0.0557. The number of nitrogens with one attached hydrogen (secondary N) is 1. The van der Waals surface area contributed by atoms with E-state index >= 15 is 0 Å². The molecule has 0 radical (unpaired) electrons. The van der Waals surface area contributed by atoms with Crippen LogP contribution in [0.2, 0.25) is 5.02 Å². The van der Waals surface area contributed by atoms with Gasteiger partial charge in [-0.1, -0.05) is 11.6 Å². The Balaban J connectivity index is 2.08. The highest BCUT2D eigenvalue weighted by Crippen LogP contribution is 2.36. The first-order valence-corrected chi connectivity index (χ1v) is 10.1. The van der Waals surface area contributed by atoms with E-state index in [2.05, 4.69) is 4.98 Å². The van der Waals surface area contributed by atoms with E-state index in [-0.39, 0.29) is 11.6 Å². The highest BCUT2D eigenvalue weighted by atomic mass is 35.5. The summed E-state index contributed by atoms with van der Waals surface area (Å²) in [5.74, 6) is -3.80. The van der Waals surface area contributed by atoms with Gasteiger partial charge in [0.05, 0.1) is 21.2 Å². The number of halogens is 6. The molecule has 31 heavy (non-hydrogen) atoms. The van der Waals surface area contributed by atoms with Crippen LogP contribution in [0.1, 0.15) is 21.5 Å². The van der Waals surface area contributed by atoms with Crippen molar-refractivity contribution in [3.63, 3.8) is 0 Å². The van der Waals surface area contributed by atoms with Gasteiger partial charge in [-0.05, 0) is 36.4 Å². The molecule has 3 aromatic rings. The second kappa shape index (κ2) is 8.23. The number of sulfonamides is 1. The number of alkyl halides is 3. The minimum atomic E-state index is -4.94. The molecule has 162 valence electrons. The van der Waals surface area contributed by atoms with Crippen LogP contribution in [-0.2, 0) is 16.2 Å². The van der Waals surface area contributed by atoms with Gasteiger partial charge in [0.2, 0.25) is 0 Å². The largest absolute Gasteiger partial charge is 0.417 e. The quantitative estimate of drug-likeness (QED) is 0.412. The molecule has 0 fully saturated rings. The molecule has 0 saturated carbocycles. The van der Waals surface area contributed by atoms with Crippen molar-refractivity contribution < 1.29 is 35.2 Å². The van der Waals surface area contributed by atoms with E-state index in [9.17, 15) is 35.2 Å². The first-order valence-electron chi connectivity index (χ1n) is 8.23. The summed E-state index contributed by atoms with van der Waals surface area (Å²) in [4.78, 5) is 15.5. The first-order chi connectivity index (χ1) is 14.4. The summed E-state index contributed by atoms with van der Waals surface area (Å²) in [5.41, 5.74) is -2.70. The summed E-state index contributed by atoms with van der Waals surface area (Å²) in [7, 11) is -4.75. The van der Waals surface area contributed by atoms with Crippen LogP contribution in [0.5, 0.6) is 0 Å². The maximum Gasteiger partial charge on any atom is 0.417 e. The number of ketones is 1. The van der Waals surface area contributed by atoms with Crippen molar-refractivity contribution in [1.29, 1.82) is 0 Å². The van der Waals surface area contributed by atoms with Crippen LogP contribution in [-0.4, -0.2) is 19.2 Å². The molecule has 0 bridgehead atoms. The standard InChI is InChI=1S/C19H10ClF5N2O3S/c20-14-4-3-11(6-13(14)19(23,24)25)31(29,30)27-17-8-16(22)15(21)7-12(17)18(28)10-2-1-5-26-9-10/h1-9,27H. The van der Waals surface area contributed by atoms with E-state index in [4.69, 9.17) is 11.6 Å². The van der Waals surface area contributed by atoms with Crippen molar-refractivity contribution in [3.05, 3.63) is 88.2 Å². The molecule has 0 saturated heterocycles. The first kappa shape index (κ1) is 22.6. The third kappa shape index (κ3) is 4.83. The molecule has 0 aliphatic rings. The maximum absolute atomic E-state index is 13.8. The Hall–Kier alpha value is -3.05. The predicted octanol–water partition coefficient (Wildman–Crippen LogP) is 5.06. The fourth-order valence-electron chi connectivity index (χ4n) is 2.56. The fourth-order valence-corrected chi connectivity index (χ4v) is 3.89. The average Bonchev–Trinajstić information content (AvgIpc) is 2.69. The number of pyridine rings is 1. The predicted molar refractivity (Wildman–Crippen MR) is 101 cm³/mol. The number of hydrogen-bond acceptors (Lipinski definition) is 4. The second-order valence-electron chi connectivity index (χ2n) is 6.13. The molecule has 1 N–H and O–H groups in total. The van der Waals surface area contributed by atoms with Gasteiger partial charge in [0.1, 0.15) is 0 Å². The van der Waals surface area contributed by atoms with Crippen LogP contribution in [0.4, 0.5) is 27.6 Å². The summed E-state index contributed by atoms with van der Waals surface area (Å²) < 4.78 is 93.8. The van der Waals surface area contributed by atoms with Crippen molar-refractivity contribution in [2.24, 2.45) is 0 Å². The van der Waals surface area contributed by atoms with E-state index in [0.29, 0.717) is 12.1 Å². The fraction of sp³-hybridized carbons (Fsp3) is 0.0526. The van der Waals surface area contributed by atoms with Gasteiger partial charge in [-0.2, -0.15) is 13.2 Å². The zero-order valence-electron chi connectivity index (χ0n) is 15.0. The molecule has 0 unspecified atom stereocenters. The van der Waals surface area contributed by atoms with E-state index in [0.717, 1.165) is 18.3 Å². The summed E-state index contributed by atoms with van der Waals surface area (Å²) >= 11 is 5.49. The van der Waals surface area contributed by atoms with Crippen LogP contribution in [0.3, 0.4) is 0 Å². The SMILES string of the molecule is O=C(c1cccnc1)c1cc(F)c(F)cc1NS(=O)(=O)c1ccc(Cl)c(C(F)(F)F)c1. The van der Waals surface area contributed by atoms with E-state index < -0.39 is 60.3 Å². The van der Waals surface area contributed by atoms with Gasteiger partial charge in [0, 0.05) is 29.6 Å². The Kier molecular flexibility index (Phi) is 6.01. The molecule has 5 nitrogen and oxygen atoms in total. The van der Waals surface area contributed by atoms with Gasteiger partial charge in [-0.3, -0.25) is 14.5 Å². The zero-order chi connectivity index (χ0) is 23.0. The topological polar surface area (TPSA) is 76.1 Å². The number of carbonyl (C=O) groups excluding carboxylic acids is 1. The average molecular weight is 477 g/mol. The number of aromatic nitrogens is 1. The van der Waals surface area contributed by atoms with Crippen LogP contribution >= 0.6 is 11.6 Å². The lowest BCUT2D eigenvalue weighted by Gasteiger charge is -2.15. The minimum Gasteiger partial charge on any atom is -0.288 e. The molecule has 12 heteroatoms. The molecular weight excluding hydrogens is 467 g/mol. The van der Waals surface area contributed by atoms with Gasteiger partial charge >= 0.3 is 6.18 Å². The van der Waals surface area contributed by atoms with Crippen molar-refractivity contribution in [2.45, 2.75) is 11.1 Å². The van der Waals surface area contributed by atoms with Gasteiger partial charge in [0.25, 0.3) is 10.0 Å². The Morgan fingerprint density at radius 1 is 1.03 bits per heavy atom. The molecular formula is C19H10ClF5N2O3S. The molecule has 0 aliphatic heterocycles. The zero-order valence-corrected chi connectivity index (χ0v) is 16.6. The van der Waals surface area contributed by atoms with Gasteiger partial charge in [-0.15, -0.1) is 0 Å². The molecule has 0 spiro atoms. The Bertz CT molecular complexity index is 1270. The lowest BCUT2D eigenvalue weighted by atomic mass is 10.0. The van der Waals surface area contributed by atoms with Gasteiger partial charge in [-0.25, -0.2) is 17.2 Å². The number of anilines is 1. The molecule has 1 aromatic heterocycles. The summed E-state index contributed by atoms with van der Waals surface area (Å²) in [5, 5.41) is -0.730. The molecule has 2 aromatic carbocycles. The van der Waals surface area contributed by atoms with Crippen molar-refractivity contribution >= 4 is 33.1 Å². The summed E-state index contributed by atoms with van der Waals surface area (Å²) in [6.07, 6.45) is -2.47. The van der Waals surface area contributed by atoms with E-state index in [1.165, 1.54) is 18.3 Å². The monoisotopic (exact) mass is 476 g/mol. The van der Waals surface area contributed by atoms with Crippen LogP contribution in [0.25, 0.3) is 0 Å².